The van der Waals surface area contributed by atoms with Crippen LogP contribution in [-0.4, -0.2) is 0 Å². The largest absolute Gasteiger partial charge is 0.103 e. The van der Waals surface area contributed by atoms with Crippen LogP contribution in [0.15, 0.2) is 0 Å². The Labute approximate surface area is 57.7 Å². The Hall–Kier alpha value is -0.440. The molecule has 0 spiro atoms. The highest BCUT2D eigenvalue weighted by molar-refractivity contribution is 5.11. The number of hydrogen-bond acceptors (Lipinski definition) is 0. The summed E-state index contributed by atoms with van der Waals surface area (Å²) in [6, 6.07) is 0. The van der Waals surface area contributed by atoms with Gasteiger partial charge in [-0.3, -0.25) is 0 Å². The van der Waals surface area contributed by atoms with E-state index in [2.05, 4.69) is 32.1 Å². The van der Waals surface area contributed by atoms with Gasteiger partial charge in [0.2, 0.25) is 0 Å². The maximum Gasteiger partial charge on any atom is 0.0205 e. The van der Waals surface area contributed by atoms with Crippen LogP contribution in [0.4, 0.5) is 0 Å². The minimum absolute atomic E-state index is 0.616. The van der Waals surface area contributed by atoms with Gasteiger partial charge in [0.25, 0.3) is 0 Å². The third kappa shape index (κ3) is 2.10. The van der Waals surface area contributed by atoms with Gasteiger partial charge in [0.05, 0.1) is 0 Å². The molecule has 0 aliphatic heterocycles. The van der Waals surface area contributed by atoms with E-state index in [1.54, 1.807) is 0 Å². The first-order chi connectivity index (χ1) is 4.34. The first kappa shape index (κ1) is 6.68. The van der Waals surface area contributed by atoms with Gasteiger partial charge in [-0.1, -0.05) is 19.8 Å². The van der Waals surface area contributed by atoms with E-state index >= 15 is 0 Å². The average molecular weight is 121 g/mol. The minimum Gasteiger partial charge on any atom is -0.103 e. The lowest BCUT2D eigenvalue weighted by molar-refractivity contribution is 0.669. The predicted molar refractivity (Wildman–Crippen MR) is 39.6 cm³/mol. The van der Waals surface area contributed by atoms with Crippen molar-refractivity contribution in [2.75, 3.05) is 0 Å². The molecule has 0 aromatic heterocycles. The van der Waals surface area contributed by atoms with Crippen LogP contribution < -0.4 is 0 Å². The van der Waals surface area contributed by atoms with E-state index in [1.807, 2.05) is 0 Å². The topological polar surface area (TPSA) is 0 Å². The number of hydrogen-bond donors (Lipinski definition) is 0. The third-order valence-corrected chi connectivity index (χ3v) is 1.66. The second kappa shape index (κ2) is 2.92. The Bertz CT molecular complexity index is 132. The second-order valence-electron chi connectivity index (χ2n) is 2.60. The molecule has 0 amide bonds. The van der Waals surface area contributed by atoms with Gasteiger partial charge in [-0.25, -0.2) is 0 Å². The van der Waals surface area contributed by atoms with Crippen LogP contribution >= 0.6 is 0 Å². The molecule has 0 nitrogen and oxygen atoms in total. The molecule has 0 bridgehead atoms. The maximum absolute atomic E-state index is 3.21. The van der Waals surface area contributed by atoms with Gasteiger partial charge in [-0.05, 0) is 18.8 Å². The Morgan fingerprint density at radius 3 is 2.89 bits per heavy atom. The summed E-state index contributed by atoms with van der Waals surface area (Å²) in [6.07, 6.45) is 4.62. The molecular formula is C9H13. The molecule has 1 rings (SSSR count). The van der Waals surface area contributed by atoms with Gasteiger partial charge < -0.3 is 0 Å². The van der Waals surface area contributed by atoms with Crippen LogP contribution in [0.1, 0.15) is 26.7 Å². The summed E-state index contributed by atoms with van der Waals surface area (Å²) >= 11 is 0. The van der Waals surface area contributed by atoms with Crippen LogP contribution in [0, 0.1) is 30.1 Å². The summed E-state index contributed by atoms with van der Waals surface area (Å²) in [4.78, 5) is 0. The van der Waals surface area contributed by atoms with Crippen LogP contribution in [0.25, 0.3) is 0 Å². The zero-order valence-corrected chi connectivity index (χ0v) is 6.15. The van der Waals surface area contributed by atoms with Gasteiger partial charge in [0.1, 0.15) is 0 Å². The monoisotopic (exact) mass is 121 g/mol. The fraction of sp³-hybridized carbons (Fsp3) is 0.667. The molecule has 2 atom stereocenters. The molecule has 0 heterocycles. The first-order valence-electron chi connectivity index (χ1n) is 3.66. The van der Waals surface area contributed by atoms with Crippen molar-refractivity contribution in [1.29, 1.82) is 0 Å². The van der Waals surface area contributed by atoms with E-state index in [4.69, 9.17) is 0 Å². The first-order valence-corrected chi connectivity index (χ1v) is 3.66. The second-order valence-corrected chi connectivity index (χ2v) is 2.60. The Kier molecular flexibility index (Phi) is 2.16. The maximum atomic E-state index is 3.21. The lowest BCUT2D eigenvalue weighted by atomic mass is 10.1. The quantitative estimate of drug-likeness (QED) is 0.467. The Morgan fingerprint density at radius 2 is 2.44 bits per heavy atom. The van der Waals surface area contributed by atoms with Gasteiger partial charge >= 0.3 is 0 Å². The van der Waals surface area contributed by atoms with Gasteiger partial charge in [0.15, 0.2) is 0 Å². The van der Waals surface area contributed by atoms with E-state index in [0.717, 1.165) is 12.3 Å². The Morgan fingerprint density at radius 1 is 1.78 bits per heavy atom. The highest BCUT2D eigenvalue weighted by atomic mass is 14.3. The van der Waals surface area contributed by atoms with Crippen molar-refractivity contribution in [3.63, 3.8) is 0 Å². The van der Waals surface area contributed by atoms with Crippen LogP contribution in [0.2, 0.25) is 0 Å². The fourth-order valence-corrected chi connectivity index (χ4v) is 0.857. The van der Waals surface area contributed by atoms with E-state index < -0.39 is 0 Å². The van der Waals surface area contributed by atoms with Gasteiger partial charge in [-0.15, -0.1) is 5.92 Å². The van der Waals surface area contributed by atoms with Crippen LogP contribution in [-0.2, 0) is 0 Å². The SMILES string of the molecule is CCC#CC(C)C1[CH]C1. The molecule has 1 saturated carbocycles. The molecule has 0 heteroatoms. The molecule has 1 fully saturated rings. The molecule has 1 aliphatic carbocycles. The van der Waals surface area contributed by atoms with E-state index in [0.29, 0.717) is 5.92 Å². The van der Waals surface area contributed by atoms with Crippen molar-refractivity contribution in [3.8, 4) is 11.8 Å². The van der Waals surface area contributed by atoms with Gasteiger partial charge in [-0.2, -0.15) is 0 Å². The highest BCUT2D eigenvalue weighted by Crippen LogP contribution is 2.34. The lowest BCUT2D eigenvalue weighted by Crippen LogP contribution is -1.90. The van der Waals surface area contributed by atoms with Crippen molar-refractivity contribution in [1.82, 2.24) is 0 Å². The molecular weight excluding hydrogens is 108 g/mol. The summed E-state index contributed by atoms with van der Waals surface area (Å²) < 4.78 is 0. The van der Waals surface area contributed by atoms with Gasteiger partial charge in [0, 0.05) is 12.3 Å². The molecule has 49 valence electrons. The summed E-state index contributed by atoms with van der Waals surface area (Å²) in [5.41, 5.74) is 0. The molecule has 0 saturated heterocycles. The van der Waals surface area contributed by atoms with Crippen molar-refractivity contribution in [2.45, 2.75) is 26.7 Å². The smallest absolute Gasteiger partial charge is 0.0205 e. The zero-order chi connectivity index (χ0) is 6.69. The molecule has 1 aliphatic rings. The van der Waals surface area contributed by atoms with Crippen LogP contribution in [0.5, 0.6) is 0 Å². The van der Waals surface area contributed by atoms with E-state index in [1.165, 1.54) is 6.42 Å². The molecule has 2 unspecified atom stereocenters. The van der Waals surface area contributed by atoms with Crippen LogP contribution in [0.3, 0.4) is 0 Å². The summed E-state index contributed by atoms with van der Waals surface area (Å²) in [6.45, 7) is 4.30. The summed E-state index contributed by atoms with van der Waals surface area (Å²) in [5.74, 6) is 7.75. The average Bonchev–Trinajstić information content (AvgIpc) is 2.63. The lowest BCUT2D eigenvalue weighted by Gasteiger charge is -1.95. The van der Waals surface area contributed by atoms with E-state index in [9.17, 15) is 0 Å². The highest BCUT2D eigenvalue weighted by Gasteiger charge is 2.26. The van der Waals surface area contributed by atoms with Crippen molar-refractivity contribution in [2.24, 2.45) is 11.8 Å². The summed E-state index contributed by atoms with van der Waals surface area (Å²) in [7, 11) is 0. The molecule has 0 N–H and O–H groups in total. The molecule has 0 aromatic rings. The standard InChI is InChI=1S/C9H13/c1-3-4-5-8(2)9-6-7-9/h6,8-9H,3,7H2,1-2H3. The predicted octanol–water partition coefficient (Wildman–Crippen LogP) is 2.26. The molecule has 9 heavy (non-hydrogen) atoms. The Balaban J connectivity index is 2.24. The molecule has 0 aromatic carbocycles. The minimum atomic E-state index is 0.616. The van der Waals surface area contributed by atoms with E-state index in [-0.39, 0.29) is 0 Å². The number of rotatable bonds is 1. The normalized spacial score (nSPS) is 20.2. The zero-order valence-electron chi connectivity index (χ0n) is 6.15. The third-order valence-electron chi connectivity index (χ3n) is 1.66. The fourth-order valence-electron chi connectivity index (χ4n) is 0.857. The molecule has 1 radical (unpaired) electrons. The van der Waals surface area contributed by atoms with Crippen molar-refractivity contribution in [3.05, 3.63) is 6.42 Å². The summed E-state index contributed by atoms with van der Waals surface area (Å²) in [5, 5.41) is 0. The van der Waals surface area contributed by atoms with Crippen molar-refractivity contribution < 1.29 is 0 Å². The van der Waals surface area contributed by atoms with Crippen molar-refractivity contribution >= 4 is 0 Å².